The Hall–Kier alpha value is -0.140. The van der Waals surface area contributed by atoms with Crippen molar-refractivity contribution in [2.75, 3.05) is 6.61 Å². The summed E-state index contributed by atoms with van der Waals surface area (Å²) in [6.45, 7) is 2.80. The molecule has 1 heterocycles. The third kappa shape index (κ3) is 3.43. The van der Waals surface area contributed by atoms with Crippen LogP contribution < -0.4 is 4.72 Å². The number of halogens is 1. The third-order valence-electron chi connectivity index (χ3n) is 2.15. The standard InChI is InChI=1S/C9H14ClNO3S2/c1-6(5-12)16(13,14)11-7(2)8-3-4-9(10)15-8/h3-4,6-7,11-12H,5H2,1-2H3. The normalized spacial score (nSPS) is 16.0. The van der Waals surface area contributed by atoms with Gasteiger partial charge in [0.05, 0.1) is 22.2 Å². The Balaban J connectivity index is 2.75. The minimum atomic E-state index is -3.48. The molecule has 2 N–H and O–H groups in total. The van der Waals surface area contributed by atoms with Crippen LogP contribution in [0.15, 0.2) is 12.1 Å². The first-order valence-corrected chi connectivity index (χ1v) is 7.48. The topological polar surface area (TPSA) is 66.4 Å². The van der Waals surface area contributed by atoms with Crippen LogP contribution >= 0.6 is 22.9 Å². The van der Waals surface area contributed by atoms with Gasteiger partial charge in [-0.1, -0.05) is 11.6 Å². The molecule has 0 bridgehead atoms. The second-order valence-corrected chi connectivity index (χ2v) is 7.40. The second-order valence-electron chi connectivity index (χ2n) is 3.52. The van der Waals surface area contributed by atoms with Crippen LogP contribution in [-0.4, -0.2) is 25.4 Å². The van der Waals surface area contributed by atoms with E-state index in [1.807, 2.05) is 0 Å². The molecule has 1 rings (SSSR count). The molecule has 0 spiro atoms. The van der Waals surface area contributed by atoms with E-state index in [9.17, 15) is 8.42 Å². The van der Waals surface area contributed by atoms with E-state index in [0.29, 0.717) is 4.34 Å². The van der Waals surface area contributed by atoms with Crippen LogP contribution in [0.25, 0.3) is 0 Å². The molecule has 7 heteroatoms. The highest BCUT2D eigenvalue weighted by atomic mass is 35.5. The number of thiophene rings is 1. The molecule has 2 atom stereocenters. The van der Waals surface area contributed by atoms with Crippen LogP contribution in [0, 0.1) is 0 Å². The molecular formula is C9H14ClNO3S2. The average Bonchev–Trinajstić information content (AvgIpc) is 2.63. The van der Waals surface area contributed by atoms with Crippen LogP contribution in [-0.2, 0) is 10.0 Å². The van der Waals surface area contributed by atoms with Gasteiger partial charge in [-0.25, -0.2) is 13.1 Å². The van der Waals surface area contributed by atoms with Gasteiger partial charge in [0.1, 0.15) is 0 Å². The molecule has 0 aliphatic rings. The number of aliphatic hydroxyl groups is 1. The lowest BCUT2D eigenvalue weighted by Gasteiger charge is -2.16. The minimum Gasteiger partial charge on any atom is -0.395 e. The van der Waals surface area contributed by atoms with Crippen LogP contribution in [0.2, 0.25) is 4.34 Å². The lowest BCUT2D eigenvalue weighted by atomic mass is 10.3. The predicted molar refractivity (Wildman–Crippen MR) is 66.3 cm³/mol. The smallest absolute Gasteiger partial charge is 0.217 e. The number of rotatable bonds is 5. The van der Waals surface area contributed by atoms with Gasteiger partial charge in [-0.05, 0) is 26.0 Å². The summed E-state index contributed by atoms with van der Waals surface area (Å²) in [5.41, 5.74) is 0. The molecule has 0 aromatic carbocycles. The summed E-state index contributed by atoms with van der Waals surface area (Å²) in [5.74, 6) is 0. The second kappa shape index (κ2) is 5.46. The lowest BCUT2D eigenvalue weighted by molar-refractivity contribution is 0.294. The highest BCUT2D eigenvalue weighted by molar-refractivity contribution is 7.90. The summed E-state index contributed by atoms with van der Waals surface area (Å²) in [6, 6.07) is 3.17. The number of sulfonamides is 1. The highest BCUT2D eigenvalue weighted by Crippen LogP contribution is 2.27. The summed E-state index contributed by atoms with van der Waals surface area (Å²) in [6.07, 6.45) is 0. The molecule has 0 fully saturated rings. The molecule has 0 saturated carbocycles. The maximum Gasteiger partial charge on any atom is 0.217 e. The van der Waals surface area contributed by atoms with E-state index in [0.717, 1.165) is 4.88 Å². The van der Waals surface area contributed by atoms with E-state index in [1.54, 1.807) is 19.1 Å². The Morgan fingerprint density at radius 1 is 1.50 bits per heavy atom. The van der Waals surface area contributed by atoms with Crippen LogP contribution in [0.3, 0.4) is 0 Å². The molecule has 0 radical (unpaired) electrons. The van der Waals surface area contributed by atoms with Gasteiger partial charge in [0.25, 0.3) is 0 Å². The number of hydrogen-bond acceptors (Lipinski definition) is 4. The summed E-state index contributed by atoms with van der Waals surface area (Å²) in [5, 5.41) is 8.01. The zero-order valence-electron chi connectivity index (χ0n) is 8.97. The Labute approximate surface area is 104 Å². The van der Waals surface area contributed by atoms with E-state index in [-0.39, 0.29) is 6.04 Å². The first-order valence-electron chi connectivity index (χ1n) is 4.74. The molecule has 0 aliphatic heterocycles. The van der Waals surface area contributed by atoms with Crippen LogP contribution in [0.1, 0.15) is 24.8 Å². The van der Waals surface area contributed by atoms with Gasteiger partial charge in [-0.2, -0.15) is 0 Å². The van der Waals surface area contributed by atoms with Crippen molar-refractivity contribution >= 4 is 33.0 Å². The highest BCUT2D eigenvalue weighted by Gasteiger charge is 2.23. The van der Waals surface area contributed by atoms with Crippen LogP contribution in [0.4, 0.5) is 0 Å². The first-order chi connectivity index (χ1) is 7.36. The van der Waals surface area contributed by atoms with Crippen molar-refractivity contribution in [2.24, 2.45) is 0 Å². The maximum atomic E-state index is 11.7. The fourth-order valence-corrected chi connectivity index (χ4v) is 3.27. The number of nitrogens with one attached hydrogen (secondary N) is 1. The van der Waals surface area contributed by atoms with Gasteiger partial charge in [0, 0.05) is 4.88 Å². The van der Waals surface area contributed by atoms with Gasteiger partial charge in [-0.3, -0.25) is 0 Å². The van der Waals surface area contributed by atoms with Crippen LogP contribution in [0.5, 0.6) is 0 Å². The largest absolute Gasteiger partial charge is 0.395 e. The van der Waals surface area contributed by atoms with E-state index in [1.165, 1.54) is 18.3 Å². The molecule has 0 amide bonds. The average molecular weight is 284 g/mol. The van der Waals surface area contributed by atoms with Gasteiger partial charge >= 0.3 is 0 Å². The van der Waals surface area contributed by atoms with E-state index in [4.69, 9.17) is 16.7 Å². The predicted octanol–water partition coefficient (Wildman–Crippen LogP) is 1.76. The molecule has 2 unspecified atom stereocenters. The monoisotopic (exact) mass is 283 g/mol. The lowest BCUT2D eigenvalue weighted by Crippen LogP contribution is -2.36. The van der Waals surface area contributed by atoms with Crippen molar-refractivity contribution in [3.63, 3.8) is 0 Å². The molecule has 1 aromatic heterocycles. The molecule has 16 heavy (non-hydrogen) atoms. The molecule has 4 nitrogen and oxygen atoms in total. The van der Waals surface area contributed by atoms with E-state index in [2.05, 4.69) is 4.72 Å². The van der Waals surface area contributed by atoms with E-state index < -0.39 is 21.9 Å². The summed E-state index contributed by atoms with van der Waals surface area (Å²) >= 11 is 7.10. The van der Waals surface area contributed by atoms with Crippen molar-refractivity contribution in [1.82, 2.24) is 4.72 Å². The van der Waals surface area contributed by atoms with Gasteiger partial charge in [0.2, 0.25) is 10.0 Å². The Bertz CT molecular complexity index is 443. The summed E-state index contributed by atoms with van der Waals surface area (Å²) in [4.78, 5) is 0.846. The quantitative estimate of drug-likeness (QED) is 0.865. The van der Waals surface area contributed by atoms with Gasteiger partial charge in [-0.15, -0.1) is 11.3 Å². The first kappa shape index (κ1) is 13.9. The molecule has 0 saturated heterocycles. The maximum absolute atomic E-state index is 11.7. The van der Waals surface area contributed by atoms with Gasteiger partial charge < -0.3 is 5.11 Å². The van der Waals surface area contributed by atoms with Gasteiger partial charge in [0.15, 0.2) is 0 Å². The summed E-state index contributed by atoms with van der Waals surface area (Å²) in [7, 11) is -3.48. The van der Waals surface area contributed by atoms with Crippen molar-refractivity contribution in [2.45, 2.75) is 25.1 Å². The Morgan fingerprint density at radius 3 is 2.56 bits per heavy atom. The molecule has 0 aliphatic carbocycles. The number of aliphatic hydroxyl groups excluding tert-OH is 1. The Kier molecular flexibility index (Phi) is 4.75. The van der Waals surface area contributed by atoms with Crippen molar-refractivity contribution in [1.29, 1.82) is 0 Å². The summed E-state index contributed by atoms with van der Waals surface area (Å²) < 4.78 is 26.4. The SMILES string of the molecule is CC(NS(=O)(=O)C(C)CO)c1ccc(Cl)s1. The number of hydrogen-bond donors (Lipinski definition) is 2. The van der Waals surface area contributed by atoms with Crippen molar-refractivity contribution in [3.8, 4) is 0 Å². The molecular weight excluding hydrogens is 270 g/mol. The molecule has 92 valence electrons. The van der Waals surface area contributed by atoms with E-state index >= 15 is 0 Å². The third-order valence-corrected chi connectivity index (χ3v) is 5.45. The zero-order valence-corrected chi connectivity index (χ0v) is 11.4. The molecule has 1 aromatic rings. The Morgan fingerprint density at radius 2 is 2.12 bits per heavy atom. The van der Waals surface area contributed by atoms with Crippen molar-refractivity contribution < 1.29 is 13.5 Å². The zero-order chi connectivity index (χ0) is 12.3. The minimum absolute atomic E-state index is 0.337. The van der Waals surface area contributed by atoms with Crippen molar-refractivity contribution in [3.05, 3.63) is 21.3 Å². The fraction of sp³-hybridized carbons (Fsp3) is 0.556. The fourth-order valence-electron chi connectivity index (χ4n) is 1.08.